The molecule has 1 heterocycles. The van der Waals surface area contributed by atoms with Gasteiger partial charge in [-0.05, 0) is 25.0 Å². The van der Waals surface area contributed by atoms with Gasteiger partial charge in [0.25, 0.3) is 0 Å². The lowest BCUT2D eigenvalue weighted by molar-refractivity contribution is -0.136. The fourth-order valence-electron chi connectivity index (χ4n) is 2.93. The number of amides is 2. The molecule has 0 aromatic heterocycles. The monoisotopic (exact) mass is 349 g/mol. The third kappa shape index (κ3) is 4.36. The molecule has 1 N–H and O–H groups in total. The van der Waals surface area contributed by atoms with Crippen molar-refractivity contribution in [1.29, 1.82) is 0 Å². The maximum atomic E-state index is 12.4. The molecule has 0 bridgehead atoms. The van der Waals surface area contributed by atoms with Gasteiger partial charge in [0.05, 0.1) is 11.8 Å². The van der Waals surface area contributed by atoms with Gasteiger partial charge >= 0.3 is 0 Å². The van der Waals surface area contributed by atoms with Gasteiger partial charge in [-0.1, -0.05) is 60.2 Å². The second-order valence-electron chi connectivity index (χ2n) is 6.56. The summed E-state index contributed by atoms with van der Waals surface area (Å²) in [4.78, 5) is 24.5. The quantitative estimate of drug-likeness (QED) is 0.901. The Morgan fingerprint density at radius 3 is 2.50 bits per heavy atom. The maximum absolute atomic E-state index is 12.4. The molecule has 0 fully saturated rings. The van der Waals surface area contributed by atoms with Crippen LogP contribution in [0, 0.1) is 6.92 Å². The summed E-state index contributed by atoms with van der Waals surface area (Å²) in [6, 6.07) is 17.7. The van der Waals surface area contributed by atoms with Crippen LogP contribution in [0.1, 0.15) is 42.5 Å². The van der Waals surface area contributed by atoms with Gasteiger partial charge < -0.3 is 5.32 Å². The van der Waals surface area contributed by atoms with E-state index in [1.165, 1.54) is 10.6 Å². The molecule has 5 nitrogen and oxygen atoms in total. The van der Waals surface area contributed by atoms with Gasteiger partial charge in [-0.15, -0.1) is 0 Å². The molecule has 0 spiro atoms. The van der Waals surface area contributed by atoms with Crippen molar-refractivity contribution in [3.05, 3.63) is 71.3 Å². The molecular weight excluding hydrogens is 326 g/mol. The highest BCUT2D eigenvalue weighted by Gasteiger charge is 2.24. The van der Waals surface area contributed by atoms with Crippen LogP contribution in [-0.4, -0.2) is 29.1 Å². The van der Waals surface area contributed by atoms with E-state index in [2.05, 4.69) is 10.4 Å². The van der Waals surface area contributed by atoms with Crippen LogP contribution < -0.4 is 5.32 Å². The topological polar surface area (TPSA) is 61.8 Å². The summed E-state index contributed by atoms with van der Waals surface area (Å²) >= 11 is 0. The number of hydrazone groups is 1. The zero-order valence-corrected chi connectivity index (χ0v) is 15.1. The van der Waals surface area contributed by atoms with E-state index < -0.39 is 0 Å². The smallest absolute Gasteiger partial charge is 0.243 e. The molecule has 0 saturated heterocycles. The van der Waals surface area contributed by atoms with Crippen molar-refractivity contribution in [2.24, 2.45) is 5.10 Å². The molecule has 0 unspecified atom stereocenters. The highest BCUT2D eigenvalue weighted by atomic mass is 16.2. The Labute approximate surface area is 153 Å². The van der Waals surface area contributed by atoms with Crippen LogP contribution in [-0.2, 0) is 9.59 Å². The Kier molecular flexibility index (Phi) is 5.46. The molecule has 1 aliphatic rings. The molecule has 2 aromatic rings. The summed E-state index contributed by atoms with van der Waals surface area (Å²) < 4.78 is 0. The molecule has 0 aliphatic carbocycles. The number of carbonyl (C=O) groups is 2. The van der Waals surface area contributed by atoms with Crippen LogP contribution in [0.2, 0.25) is 0 Å². The number of hydrogen-bond donors (Lipinski definition) is 1. The normalized spacial score (nSPS) is 15.4. The highest BCUT2D eigenvalue weighted by Crippen LogP contribution is 2.16. The summed E-state index contributed by atoms with van der Waals surface area (Å²) in [6.45, 7) is 3.89. The molecule has 3 rings (SSSR count). The molecule has 134 valence electrons. The first-order valence-electron chi connectivity index (χ1n) is 8.82. The Balaban J connectivity index is 1.67. The molecule has 1 atom stereocenters. The van der Waals surface area contributed by atoms with Gasteiger partial charge in [0, 0.05) is 12.8 Å². The fraction of sp³-hybridized carbons (Fsp3) is 0.286. The van der Waals surface area contributed by atoms with Gasteiger partial charge in [-0.25, -0.2) is 5.01 Å². The van der Waals surface area contributed by atoms with Crippen molar-refractivity contribution < 1.29 is 9.59 Å². The lowest BCUT2D eigenvalue weighted by Gasteiger charge is -2.24. The SMILES string of the molecule is Cc1ccc(C2=NN(CC(=O)N[C@H](C)c3ccccc3)C(=O)CC2)cc1. The molecule has 2 aromatic carbocycles. The lowest BCUT2D eigenvalue weighted by Crippen LogP contribution is -2.41. The first kappa shape index (κ1) is 17.9. The van der Waals surface area contributed by atoms with Gasteiger partial charge in [-0.3, -0.25) is 9.59 Å². The average molecular weight is 349 g/mol. The first-order valence-corrected chi connectivity index (χ1v) is 8.82. The van der Waals surface area contributed by atoms with Gasteiger partial charge in [0.1, 0.15) is 6.54 Å². The molecule has 2 amide bonds. The average Bonchev–Trinajstić information content (AvgIpc) is 2.65. The van der Waals surface area contributed by atoms with E-state index in [4.69, 9.17) is 0 Å². The first-order chi connectivity index (χ1) is 12.5. The Morgan fingerprint density at radius 1 is 1.12 bits per heavy atom. The summed E-state index contributed by atoms with van der Waals surface area (Å²) in [7, 11) is 0. The molecule has 1 aliphatic heterocycles. The molecule has 0 saturated carbocycles. The molecule has 0 radical (unpaired) electrons. The van der Waals surface area contributed by atoms with Crippen molar-refractivity contribution >= 4 is 17.5 Å². The van der Waals surface area contributed by atoms with E-state index in [9.17, 15) is 9.59 Å². The second-order valence-corrected chi connectivity index (χ2v) is 6.56. The number of hydrogen-bond acceptors (Lipinski definition) is 3. The largest absolute Gasteiger partial charge is 0.348 e. The van der Waals surface area contributed by atoms with Crippen molar-refractivity contribution in [3.63, 3.8) is 0 Å². The third-order valence-electron chi connectivity index (χ3n) is 4.46. The van der Waals surface area contributed by atoms with Crippen molar-refractivity contribution in [3.8, 4) is 0 Å². The molecular formula is C21H23N3O2. The third-order valence-corrected chi connectivity index (χ3v) is 4.46. The number of benzene rings is 2. The number of nitrogens with one attached hydrogen (secondary N) is 1. The Bertz CT molecular complexity index is 813. The van der Waals surface area contributed by atoms with E-state index in [1.54, 1.807) is 0 Å². The predicted molar refractivity (Wildman–Crippen MR) is 102 cm³/mol. The standard InChI is InChI=1S/C21H23N3O2/c1-15-8-10-18(11-9-15)19-12-13-21(26)24(23-19)14-20(25)22-16(2)17-6-4-3-5-7-17/h3-11,16H,12-14H2,1-2H3,(H,22,25)/t16-/m1/s1. The summed E-state index contributed by atoms with van der Waals surface area (Å²) in [5.41, 5.74) is 4.03. The molecule has 26 heavy (non-hydrogen) atoms. The Morgan fingerprint density at radius 2 is 1.81 bits per heavy atom. The Hall–Kier alpha value is -2.95. The minimum atomic E-state index is -0.219. The van der Waals surface area contributed by atoms with Crippen molar-refractivity contribution in [2.45, 2.75) is 32.7 Å². The minimum Gasteiger partial charge on any atom is -0.348 e. The summed E-state index contributed by atoms with van der Waals surface area (Å²) in [5, 5.41) is 8.63. The van der Waals surface area contributed by atoms with Crippen LogP contribution in [0.15, 0.2) is 59.7 Å². The van der Waals surface area contributed by atoms with Crippen LogP contribution in [0.4, 0.5) is 0 Å². The van der Waals surface area contributed by atoms with Crippen LogP contribution in [0.5, 0.6) is 0 Å². The molecule has 5 heteroatoms. The number of carbonyl (C=O) groups excluding carboxylic acids is 2. The van der Waals surface area contributed by atoms with Gasteiger partial charge in [-0.2, -0.15) is 5.10 Å². The number of rotatable bonds is 5. The predicted octanol–water partition coefficient (Wildman–Crippen LogP) is 3.20. The van der Waals surface area contributed by atoms with Crippen molar-refractivity contribution in [1.82, 2.24) is 10.3 Å². The van der Waals surface area contributed by atoms with E-state index in [0.717, 1.165) is 16.8 Å². The summed E-state index contributed by atoms with van der Waals surface area (Å²) in [5.74, 6) is -0.341. The summed E-state index contributed by atoms with van der Waals surface area (Å²) in [6.07, 6.45) is 0.967. The van der Waals surface area contributed by atoms with Crippen LogP contribution in [0.25, 0.3) is 0 Å². The van der Waals surface area contributed by atoms with Crippen molar-refractivity contribution in [2.75, 3.05) is 6.54 Å². The van der Waals surface area contributed by atoms with Crippen LogP contribution >= 0.6 is 0 Å². The van der Waals surface area contributed by atoms with Crippen LogP contribution in [0.3, 0.4) is 0 Å². The fourth-order valence-corrected chi connectivity index (χ4v) is 2.93. The number of aryl methyl sites for hydroxylation is 1. The minimum absolute atomic E-state index is 0.0641. The van der Waals surface area contributed by atoms with E-state index in [1.807, 2.05) is 68.4 Å². The van der Waals surface area contributed by atoms with E-state index in [0.29, 0.717) is 12.8 Å². The second kappa shape index (κ2) is 7.95. The maximum Gasteiger partial charge on any atom is 0.243 e. The zero-order valence-electron chi connectivity index (χ0n) is 15.1. The van der Waals surface area contributed by atoms with Gasteiger partial charge in [0.2, 0.25) is 11.8 Å². The van der Waals surface area contributed by atoms with E-state index >= 15 is 0 Å². The van der Waals surface area contributed by atoms with Gasteiger partial charge in [0.15, 0.2) is 0 Å². The highest BCUT2D eigenvalue weighted by molar-refractivity contribution is 6.04. The number of nitrogens with zero attached hydrogens (tertiary/aromatic N) is 2. The zero-order chi connectivity index (χ0) is 18.5. The van der Waals surface area contributed by atoms with E-state index in [-0.39, 0.29) is 24.4 Å². The lowest BCUT2D eigenvalue weighted by atomic mass is 10.0.